The van der Waals surface area contributed by atoms with Crippen LogP contribution in [0.3, 0.4) is 0 Å². The summed E-state index contributed by atoms with van der Waals surface area (Å²) in [5, 5.41) is 24.0. The van der Waals surface area contributed by atoms with Gasteiger partial charge in [-0.15, -0.1) is 0 Å². The molecule has 0 amide bonds. The molecule has 0 bridgehead atoms. The lowest BCUT2D eigenvalue weighted by Gasteiger charge is -2.15. The normalized spacial score (nSPS) is 12.0. The second kappa shape index (κ2) is 6.41. The van der Waals surface area contributed by atoms with E-state index in [0.717, 1.165) is 16.5 Å². The molecule has 0 spiro atoms. The van der Waals surface area contributed by atoms with Gasteiger partial charge in [0.05, 0.1) is 4.92 Å². The van der Waals surface area contributed by atoms with Crippen LogP contribution in [0.2, 0.25) is 0 Å². The van der Waals surface area contributed by atoms with Crippen LogP contribution in [0, 0.1) is 10.1 Å². The third-order valence-electron chi connectivity index (χ3n) is 3.82. The number of carboxylic acid groups (broad SMARTS) is 1. The number of fused-ring (bicyclic) bond motifs is 1. The number of benzene rings is 2. The maximum atomic E-state index is 11.6. The number of aromatic nitrogens is 1. The first-order valence-corrected chi connectivity index (χ1v) is 7.33. The summed E-state index contributed by atoms with van der Waals surface area (Å²) in [6.07, 6.45) is 2.09. The minimum atomic E-state index is -0.987. The lowest BCUT2D eigenvalue weighted by atomic mass is 10.0. The predicted octanol–water partition coefficient (Wildman–Crippen LogP) is 3.18. The highest BCUT2D eigenvalue weighted by Gasteiger charge is 2.20. The van der Waals surface area contributed by atoms with Crippen LogP contribution in [0.15, 0.2) is 54.7 Å². The first-order chi connectivity index (χ1) is 11.5. The van der Waals surface area contributed by atoms with Crippen molar-refractivity contribution in [2.24, 2.45) is 0 Å². The molecular formula is C17H15N3O4. The Bertz CT molecular complexity index is 886. The average molecular weight is 325 g/mol. The number of hydrogen-bond acceptors (Lipinski definition) is 4. The van der Waals surface area contributed by atoms with Gasteiger partial charge in [0.15, 0.2) is 0 Å². The Kier molecular flexibility index (Phi) is 4.15. The first kappa shape index (κ1) is 15.5. The zero-order valence-corrected chi connectivity index (χ0v) is 12.6. The van der Waals surface area contributed by atoms with E-state index in [2.05, 4.69) is 10.3 Å². The van der Waals surface area contributed by atoms with E-state index in [1.54, 1.807) is 6.20 Å². The molecule has 3 rings (SSSR count). The van der Waals surface area contributed by atoms with E-state index in [-0.39, 0.29) is 12.1 Å². The third kappa shape index (κ3) is 3.19. The molecule has 0 unspecified atom stereocenters. The molecule has 0 saturated carbocycles. The molecule has 0 aliphatic rings. The number of carbonyl (C=O) groups is 1. The van der Waals surface area contributed by atoms with Crippen LogP contribution in [0.5, 0.6) is 0 Å². The van der Waals surface area contributed by atoms with Crippen molar-refractivity contribution in [3.8, 4) is 0 Å². The molecule has 0 fully saturated rings. The molecule has 1 aromatic heterocycles. The van der Waals surface area contributed by atoms with Crippen LogP contribution in [0.25, 0.3) is 10.9 Å². The number of aromatic amines is 1. The van der Waals surface area contributed by atoms with Crippen LogP contribution in [0.4, 0.5) is 11.4 Å². The summed E-state index contributed by atoms with van der Waals surface area (Å²) >= 11 is 0. The molecule has 0 saturated heterocycles. The van der Waals surface area contributed by atoms with Crippen molar-refractivity contribution in [2.75, 3.05) is 5.32 Å². The molecular weight excluding hydrogens is 310 g/mol. The summed E-state index contributed by atoms with van der Waals surface area (Å²) in [5.74, 6) is -0.987. The fourth-order valence-corrected chi connectivity index (χ4v) is 2.60. The van der Waals surface area contributed by atoms with Gasteiger partial charge in [0.25, 0.3) is 5.69 Å². The Morgan fingerprint density at radius 1 is 1.21 bits per heavy atom. The summed E-state index contributed by atoms with van der Waals surface area (Å²) in [5.41, 5.74) is 2.33. The topological polar surface area (TPSA) is 108 Å². The van der Waals surface area contributed by atoms with Gasteiger partial charge in [-0.25, -0.2) is 4.79 Å². The van der Waals surface area contributed by atoms with Crippen LogP contribution in [-0.4, -0.2) is 27.0 Å². The number of nitrogens with zero attached hydrogens (tertiary/aromatic N) is 1. The van der Waals surface area contributed by atoms with Gasteiger partial charge in [-0.05, 0) is 23.8 Å². The summed E-state index contributed by atoms with van der Waals surface area (Å²) < 4.78 is 0. The molecule has 1 atom stereocenters. The number of rotatable bonds is 6. The smallest absolute Gasteiger partial charge is 0.326 e. The number of aliphatic carboxylic acids is 1. The highest BCUT2D eigenvalue weighted by molar-refractivity contribution is 5.85. The molecule has 7 heteroatoms. The number of nitrogens with one attached hydrogen (secondary N) is 2. The number of anilines is 1. The molecule has 0 aliphatic heterocycles. The number of nitro benzene ring substituents is 1. The van der Waals surface area contributed by atoms with Gasteiger partial charge in [-0.1, -0.05) is 18.2 Å². The van der Waals surface area contributed by atoms with Gasteiger partial charge < -0.3 is 15.4 Å². The summed E-state index contributed by atoms with van der Waals surface area (Å²) in [7, 11) is 0. The lowest BCUT2D eigenvalue weighted by Crippen LogP contribution is -2.31. The predicted molar refractivity (Wildman–Crippen MR) is 90.1 cm³/mol. The largest absolute Gasteiger partial charge is 0.480 e. The molecule has 122 valence electrons. The average Bonchev–Trinajstić information content (AvgIpc) is 2.98. The second-order valence-corrected chi connectivity index (χ2v) is 5.40. The number of non-ortho nitro benzene ring substituents is 1. The van der Waals surface area contributed by atoms with Gasteiger partial charge >= 0.3 is 5.97 Å². The van der Waals surface area contributed by atoms with Crippen LogP contribution in [0.1, 0.15) is 5.56 Å². The molecule has 0 aliphatic carbocycles. The third-order valence-corrected chi connectivity index (χ3v) is 3.82. The number of para-hydroxylation sites is 1. The SMILES string of the molecule is O=C(O)[C@@H](Cc1c[nH]c2ccccc12)Nc1ccc([N+](=O)[O-])cc1. The van der Waals surface area contributed by atoms with Crippen molar-refractivity contribution in [2.45, 2.75) is 12.5 Å². The molecule has 3 N–H and O–H groups in total. The maximum absolute atomic E-state index is 11.6. The monoisotopic (exact) mass is 325 g/mol. The van der Waals surface area contributed by atoms with Crippen LogP contribution in [-0.2, 0) is 11.2 Å². The Hall–Kier alpha value is -3.35. The van der Waals surface area contributed by atoms with Gasteiger partial charge in [0, 0.05) is 41.3 Å². The Balaban J connectivity index is 1.80. The van der Waals surface area contributed by atoms with Gasteiger partial charge in [0.1, 0.15) is 6.04 Å². The number of nitro groups is 1. The standard InChI is InChI=1S/C17H15N3O4/c21-17(22)16(19-12-5-7-13(8-6-12)20(23)24)9-11-10-18-15-4-2-1-3-14(11)15/h1-8,10,16,18-19H,9H2,(H,21,22)/t16-/m1/s1. The molecule has 2 aromatic carbocycles. The summed E-state index contributed by atoms with van der Waals surface area (Å²) in [6.45, 7) is 0. The van der Waals surface area contributed by atoms with Crippen molar-refractivity contribution in [3.63, 3.8) is 0 Å². The van der Waals surface area contributed by atoms with Crippen molar-refractivity contribution < 1.29 is 14.8 Å². The summed E-state index contributed by atoms with van der Waals surface area (Å²) in [6, 6.07) is 12.5. The Morgan fingerprint density at radius 2 is 1.92 bits per heavy atom. The van der Waals surface area contributed by atoms with Gasteiger partial charge in [-0.3, -0.25) is 10.1 Å². The van der Waals surface area contributed by atoms with E-state index < -0.39 is 16.9 Å². The van der Waals surface area contributed by atoms with Crippen LogP contribution < -0.4 is 5.32 Å². The summed E-state index contributed by atoms with van der Waals surface area (Å²) in [4.78, 5) is 24.9. The Labute approximate surface area is 137 Å². The van der Waals surface area contributed by atoms with Crippen molar-refractivity contribution >= 4 is 28.2 Å². The fraction of sp³-hybridized carbons (Fsp3) is 0.118. The number of carboxylic acids is 1. The van der Waals surface area contributed by atoms with Gasteiger partial charge in [0.2, 0.25) is 0 Å². The van der Waals surface area contributed by atoms with E-state index in [4.69, 9.17) is 0 Å². The second-order valence-electron chi connectivity index (χ2n) is 5.40. The zero-order valence-electron chi connectivity index (χ0n) is 12.6. The molecule has 24 heavy (non-hydrogen) atoms. The first-order valence-electron chi connectivity index (χ1n) is 7.33. The van der Waals surface area contributed by atoms with Crippen molar-refractivity contribution in [1.29, 1.82) is 0 Å². The highest BCUT2D eigenvalue weighted by Crippen LogP contribution is 2.21. The minimum Gasteiger partial charge on any atom is -0.480 e. The van der Waals surface area contributed by atoms with Crippen molar-refractivity contribution in [1.82, 2.24) is 4.98 Å². The zero-order chi connectivity index (χ0) is 17.1. The molecule has 3 aromatic rings. The minimum absolute atomic E-state index is 0.0379. The van der Waals surface area contributed by atoms with E-state index in [9.17, 15) is 20.0 Å². The molecule has 1 heterocycles. The van der Waals surface area contributed by atoms with E-state index in [0.29, 0.717) is 5.69 Å². The maximum Gasteiger partial charge on any atom is 0.326 e. The number of hydrogen-bond donors (Lipinski definition) is 3. The molecule has 0 radical (unpaired) electrons. The van der Waals surface area contributed by atoms with Gasteiger partial charge in [-0.2, -0.15) is 0 Å². The van der Waals surface area contributed by atoms with E-state index in [1.807, 2.05) is 24.3 Å². The lowest BCUT2D eigenvalue weighted by molar-refractivity contribution is -0.384. The van der Waals surface area contributed by atoms with E-state index in [1.165, 1.54) is 24.3 Å². The van der Waals surface area contributed by atoms with E-state index >= 15 is 0 Å². The Morgan fingerprint density at radius 3 is 2.58 bits per heavy atom. The number of H-pyrrole nitrogens is 1. The highest BCUT2D eigenvalue weighted by atomic mass is 16.6. The van der Waals surface area contributed by atoms with Crippen molar-refractivity contribution in [3.05, 3.63) is 70.4 Å². The molecule has 7 nitrogen and oxygen atoms in total. The quantitative estimate of drug-likeness (QED) is 0.476. The fourth-order valence-electron chi connectivity index (χ4n) is 2.60. The van der Waals surface area contributed by atoms with Crippen LogP contribution >= 0.6 is 0 Å².